The van der Waals surface area contributed by atoms with E-state index in [4.69, 9.17) is 9.84 Å². The van der Waals surface area contributed by atoms with Crippen molar-refractivity contribution >= 4 is 5.97 Å². The first-order chi connectivity index (χ1) is 7.40. The number of pyridine rings is 1. The first-order valence-corrected chi connectivity index (χ1v) is 5.28. The molecule has 0 spiro atoms. The van der Waals surface area contributed by atoms with Gasteiger partial charge in [-0.2, -0.15) is 0 Å². The summed E-state index contributed by atoms with van der Waals surface area (Å²) in [6.45, 7) is 7.77. The summed E-state index contributed by atoms with van der Waals surface area (Å²) in [6, 6.07) is 2.98. The third-order valence-electron chi connectivity index (χ3n) is 2.42. The molecule has 16 heavy (non-hydrogen) atoms. The lowest BCUT2D eigenvalue weighted by Gasteiger charge is -2.17. The fraction of sp³-hybridized carbons (Fsp3) is 0.500. The minimum absolute atomic E-state index is 0.0101. The normalized spacial score (nSPS) is 12.6. The van der Waals surface area contributed by atoms with Crippen LogP contribution >= 0.6 is 0 Å². The van der Waals surface area contributed by atoms with E-state index in [1.165, 1.54) is 12.1 Å². The number of nitrogens with zero attached hydrogens (tertiary/aromatic N) is 1. The Kier molecular flexibility index (Phi) is 3.88. The minimum atomic E-state index is -0.965. The number of rotatable bonds is 4. The van der Waals surface area contributed by atoms with Crippen molar-refractivity contribution in [2.24, 2.45) is 5.92 Å². The second-order valence-electron chi connectivity index (χ2n) is 4.21. The van der Waals surface area contributed by atoms with E-state index in [9.17, 15) is 4.79 Å². The van der Waals surface area contributed by atoms with Crippen molar-refractivity contribution in [3.63, 3.8) is 0 Å². The average molecular weight is 223 g/mol. The minimum Gasteiger partial charge on any atom is -0.478 e. The fourth-order valence-corrected chi connectivity index (χ4v) is 1.15. The zero-order chi connectivity index (χ0) is 12.3. The molecule has 0 aliphatic heterocycles. The Hall–Kier alpha value is -1.58. The van der Waals surface area contributed by atoms with Crippen LogP contribution in [0.15, 0.2) is 12.1 Å². The summed E-state index contributed by atoms with van der Waals surface area (Å²) in [5.74, 6) is -0.234. The second-order valence-corrected chi connectivity index (χ2v) is 4.21. The van der Waals surface area contributed by atoms with Crippen LogP contribution < -0.4 is 4.74 Å². The molecule has 88 valence electrons. The lowest BCUT2D eigenvalue weighted by molar-refractivity contribution is 0.0695. The van der Waals surface area contributed by atoms with Crippen LogP contribution in [0.1, 0.15) is 36.8 Å². The highest BCUT2D eigenvalue weighted by molar-refractivity contribution is 5.87. The molecule has 1 aromatic rings. The Morgan fingerprint density at radius 1 is 1.38 bits per heavy atom. The average Bonchev–Trinajstić information content (AvgIpc) is 2.16. The third-order valence-corrected chi connectivity index (χ3v) is 2.42. The van der Waals surface area contributed by atoms with Crippen molar-refractivity contribution < 1.29 is 14.6 Å². The number of aromatic carboxylic acids is 1. The fourth-order valence-electron chi connectivity index (χ4n) is 1.15. The molecule has 0 aliphatic rings. The molecule has 0 aromatic carbocycles. The molecule has 4 heteroatoms. The molecule has 1 atom stereocenters. The Morgan fingerprint density at radius 2 is 2.00 bits per heavy atom. The molecule has 0 amide bonds. The summed E-state index contributed by atoms with van der Waals surface area (Å²) in [4.78, 5) is 15.0. The van der Waals surface area contributed by atoms with E-state index in [2.05, 4.69) is 4.98 Å². The number of aryl methyl sites for hydroxylation is 1. The van der Waals surface area contributed by atoms with Gasteiger partial charge in [0.25, 0.3) is 0 Å². The summed E-state index contributed by atoms with van der Waals surface area (Å²) in [5.41, 5.74) is 0.851. The Bertz CT molecular complexity index is 388. The number of carbonyl (C=O) groups is 1. The van der Waals surface area contributed by atoms with Crippen LogP contribution in [-0.4, -0.2) is 22.2 Å². The van der Waals surface area contributed by atoms with Gasteiger partial charge in [-0.15, -0.1) is 0 Å². The van der Waals surface area contributed by atoms with Crippen molar-refractivity contribution in [1.82, 2.24) is 4.98 Å². The van der Waals surface area contributed by atoms with E-state index in [1.54, 1.807) is 6.92 Å². The molecule has 1 aromatic heterocycles. The van der Waals surface area contributed by atoms with Gasteiger partial charge in [-0.25, -0.2) is 9.78 Å². The van der Waals surface area contributed by atoms with Crippen LogP contribution in [-0.2, 0) is 0 Å². The van der Waals surface area contributed by atoms with Gasteiger partial charge in [0.05, 0.1) is 11.7 Å². The van der Waals surface area contributed by atoms with Gasteiger partial charge in [0.2, 0.25) is 5.88 Å². The number of carboxylic acids is 1. The molecular formula is C12H17NO3. The topological polar surface area (TPSA) is 59.4 Å². The predicted molar refractivity (Wildman–Crippen MR) is 60.9 cm³/mol. The van der Waals surface area contributed by atoms with E-state index in [1.807, 2.05) is 20.8 Å². The molecule has 1 rings (SSSR count). The van der Waals surface area contributed by atoms with Crippen LogP contribution in [0.4, 0.5) is 0 Å². The molecule has 1 heterocycles. The SMILES string of the molecule is Cc1cc(C(=O)O)cc(OC(C)C(C)C)n1. The van der Waals surface area contributed by atoms with E-state index in [-0.39, 0.29) is 11.7 Å². The largest absolute Gasteiger partial charge is 0.478 e. The second kappa shape index (κ2) is 4.96. The molecule has 0 bridgehead atoms. The highest BCUT2D eigenvalue weighted by Gasteiger charge is 2.12. The Morgan fingerprint density at radius 3 is 2.50 bits per heavy atom. The van der Waals surface area contributed by atoms with Crippen molar-refractivity contribution in [3.8, 4) is 5.88 Å². The van der Waals surface area contributed by atoms with Crippen LogP contribution in [0, 0.1) is 12.8 Å². The van der Waals surface area contributed by atoms with Gasteiger partial charge in [0.15, 0.2) is 0 Å². The van der Waals surface area contributed by atoms with E-state index >= 15 is 0 Å². The molecule has 4 nitrogen and oxygen atoms in total. The van der Waals surface area contributed by atoms with Crippen molar-refractivity contribution in [2.75, 3.05) is 0 Å². The molecule has 0 saturated carbocycles. The molecule has 1 unspecified atom stereocenters. The van der Waals surface area contributed by atoms with Crippen LogP contribution in [0.5, 0.6) is 5.88 Å². The third kappa shape index (κ3) is 3.22. The first-order valence-electron chi connectivity index (χ1n) is 5.28. The molecule has 0 radical (unpaired) electrons. The van der Waals surface area contributed by atoms with Gasteiger partial charge < -0.3 is 9.84 Å². The van der Waals surface area contributed by atoms with Gasteiger partial charge in [-0.1, -0.05) is 13.8 Å². The maximum atomic E-state index is 10.8. The number of hydrogen-bond donors (Lipinski definition) is 1. The van der Waals surface area contributed by atoms with Gasteiger partial charge >= 0.3 is 5.97 Å². The van der Waals surface area contributed by atoms with Gasteiger partial charge in [-0.05, 0) is 25.8 Å². The maximum Gasteiger partial charge on any atom is 0.335 e. The zero-order valence-electron chi connectivity index (χ0n) is 10.0. The molecule has 0 aliphatic carbocycles. The highest BCUT2D eigenvalue weighted by atomic mass is 16.5. The molecule has 0 fully saturated rings. The maximum absolute atomic E-state index is 10.8. The van der Waals surface area contributed by atoms with Crippen LogP contribution in [0.25, 0.3) is 0 Å². The van der Waals surface area contributed by atoms with Gasteiger partial charge in [0, 0.05) is 11.8 Å². The van der Waals surface area contributed by atoms with Crippen LogP contribution in [0.3, 0.4) is 0 Å². The summed E-state index contributed by atoms with van der Waals surface area (Å²) in [6.07, 6.45) is 0.0101. The van der Waals surface area contributed by atoms with E-state index in [0.29, 0.717) is 17.5 Å². The quantitative estimate of drug-likeness (QED) is 0.852. The highest BCUT2D eigenvalue weighted by Crippen LogP contribution is 2.16. The molecular weight excluding hydrogens is 206 g/mol. The number of carboxylic acid groups (broad SMARTS) is 1. The lowest BCUT2D eigenvalue weighted by Crippen LogP contribution is -2.19. The predicted octanol–water partition coefficient (Wildman–Crippen LogP) is 2.51. The van der Waals surface area contributed by atoms with E-state index < -0.39 is 5.97 Å². The Labute approximate surface area is 95.3 Å². The van der Waals surface area contributed by atoms with E-state index in [0.717, 1.165) is 0 Å². The zero-order valence-corrected chi connectivity index (χ0v) is 10.0. The molecule has 0 saturated heterocycles. The van der Waals surface area contributed by atoms with Crippen LogP contribution in [0.2, 0.25) is 0 Å². The monoisotopic (exact) mass is 223 g/mol. The van der Waals surface area contributed by atoms with Crippen molar-refractivity contribution in [2.45, 2.75) is 33.8 Å². The first kappa shape index (κ1) is 12.5. The van der Waals surface area contributed by atoms with Crippen molar-refractivity contribution in [3.05, 3.63) is 23.4 Å². The van der Waals surface area contributed by atoms with Gasteiger partial charge in [0.1, 0.15) is 0 Å². The standard InChI is InChI=1S/C12H17NO3/c1-7(2)9(4)16-11-6-10(12(14)15)5-8(3)13-11/h5-7,9H,1-4H3,(H,14,15). The van der Waals surface area contributed by atoms with Crippen molar-refractivity contribution in [1.29, 1.82) is 0 Å². The van der Waals surface area contributed by atoms with Gasteiger partial charge in [-0.3, -0.25) is 0 Å². The summed E-state index contributed by atoms with van der Waals surface area (Å²) >= 11 is 0. The number of hydrogen-bond acceptors (Lipinski definition) is 3. The lowest BCUT2D eigenvalue weighted by atomic mass is 10.1. The smallest absolute Gasteiger partial charge is 0.335 e. The summed E-state index contributed by atoms with van der Waals surface area (Å²) in [5, 5.41) is 8.89. The Balaban J connectivity index is 2.92. The number of aromatic nitrogens is 1. The number of ether oxygens (including phenoxy) is 1. The molecule has 1 N–H and O–H groups in total. The summed E-state index contributed by atoms with van der Waals surface area (Å²) in [7, 11) is 0. The summed E-state index contributed by atoms with van der Waals surface area (Å²) < 4.78 is 5.57.